The number of ether oxygens (including phenoxy) is 2. The number of hydrogen-bond acceptors (Lipinski definition) is 9. The van der Waals surface area contributed by atoms with E-state index in [1.165, 1.54) is 19.2 Å². The van der Waals surface area contributed by atoms with Crippen LogP contribution in [0.15, 0.2) is 78.9 Å². The zero-order valence-electron chi connectivity index (χ0n) is 30.3. The number of esters is 2. The molecule has 1 unspecified atom stereocenters. The first-order valence-electron chi connectivity index (χ1n) is 16.7. The Bertz CT molecular complexity index is 1830. The average molecular weight is 681 g/mol. The molecule has 3 atom stereocenters. The van der Waals surface area contributed by atoms with Gasteiger partial charge in [0.05, 0.1) is 16.8 Å². The summed E-state index contributed by atoms with van der Waals surface area (Å²) in [5, 5.41) is 15.9. The van der Waals surface area contributed by atoms with Crippen LogP contribution in [0.25, 0.3) is 0 Å². The molecule has 0 aliphatic rings. The summed E-state index contributed by atoms with van der Waals surface area (Å²) in [6.07, 6.45) is -0.676. The SMILES string of the molecule is CNC(=O)c1cc(C(=O)OC(C)(C)Cc2cccc([C@H](C)c3cc(C(=O)OC(C)(C)C)cc(C(O)NC)n3)c2)cc([C@H](C)c2ccccc2)n1. The number of pyridine rings is 2. The Morgan fingerprint density at radius 2 is 1.28 bits per heavy atom. The van der Waals surface area contributed by atoms with E-state index >= 15 is 0 Å². The summed E-state index contributed by atoms with van der Waals surface area (Å²) >= 11 is 0. The molecule has 0 saturated carbocycles. The Morgan fingerprint density at radius 3 is 1.90 bits per heavy atom. The van der Waals surface area contributed by atoms with Crippen molar-refractivity contribution >= 4 is 17.8 Å². The first-order chi connectivity index (χ1) is 23.5. The van der Waals surface area contributed by atoms with Gasteiger partial charge in [0.25, 0.3) is 5.91 Å². The molecule has 1 amide bonds. The number of rotatable bonds is 12. The molecule has 2 aromatic carbocycles. The Morgan fingerprint density at radius 1 is 0.720 bits per heavy atom. The number of aliphatic hydroxyl groups is 1. The minimum absolute atomic E-state index is 0.133. The van der Waals surface area contributed by atoms with E-state index in [2.05, 4.69) is 20.6 Å². The zero-order chi connectivity index (χ0) is 36.8. The molecular weight excluding hydrogens is 632 g/mol. The van der Waals surface area contributed by atoms with Crippen LogP contribution in [0.5, 0.6) is 0 Å². The van der Waals surface area contributed by atoms with Crippen LogP contribution < -0.4 is 10.6 Å². The highest BCUT2D eigenvalue weighted by Crippen LogP contribution is 2.29. The molecule has 0 saturated heterocycles. The van der Waals surface area contributed by atoms with Crippen LogP contribution in [0, 0.1) is 0 Å². The van der Waals surface area contributed by atoms with Gasteiger partial charge in [-0.05, 0) is 82.6 Å². The fourth-order valence-electron chi connectivity index (χ4n) is 5.57. The van der Waals surface area contributed by atoms with Gasteiger partial charge < -0.3 is 19.9 Å². The van der Waals surface area contributed by atoms with Gasteiger partial charge in [-0.25, -0.2) is 14.6 Å². The van der Waals surface area contributed by atoms with Crippen LogP contribution >= 0.6 is 0 Å². The van der Waals surface area contributed by atoms with E-state index in [-0.39, 0.29) is 23.1 Å². The maximum atomic E-state index is 13.6. The van der Waals surface area contributed by atoms with E-state index in [1.807, 2.05) is 82.3 Å². The van der Waals surface area contributed by atoms with Crippen molar-refractivity contribution in [2.24, 2.45) is 0 Å². The largest absolute Gasteiger partial charge is 0.456 e. The van der Waals surface area contributed by atoms with E-state index in [0.29, 0.717) is 29.1 Å². The van der Waals surface area contributed by atoms with Crippen LogP contribution in [0.1, 0.15) is 132 Å². The molecule has 0 aliphatic heterocycles. The second-order valence-electron chi connectivity index (χ2n) is 14.1. The average Bonchev–Trinajstić information content (AvgIpc) is 3.09. The molecule has 50 heavy (non-hydrogen) atoms. The van der Waals surface area contributed by atoms with Crippen molar-refractivity contribution in [2.45, 2.75) is 84.2 Å². The van der Waals surface area contributed by atoms with E-state index in [9.17, 15) is 19.5 Å². The van der Waals surface area contributed by atoms with Gasteiger partial charge in [-0.15, -0.1) is 0 Å². The fourth-order valence-corrected chi connectivity index (χ4v) is 5.57. The quantitative estimate of drug-likeness (QED) is 0.113. The lowest BCUT2D eigenvalue weighted by atomic mass is 9.91. The van der Waals surface area contributed by atoms with Crippen molar-refractivity contribution in [1.82, 2.24) is 20.6 Å². The highest BCUT2D eigenvalue weighted by atomic mass is 16.6. The maximum Gasteiger partial charge on any atom is 0.338 e. The third kappa shape index (κ3) is 9.83. The maximum absolute atomic E-state index is 13.6. The Balaban J connectivity index is 1.58. The predicted molar refractivity (Wildman–Crippen MR) is 192 cm³/mol. The van der Waals surface area contributed by atoms with Crippen molar-refractivity contribution < 1.29 is 29.0 Å². The van der Waals surface area contributed by atoms with Crippen LogP contribution in [-0.4, -0.2) is 58.2 Å². The van der Waals surface area contributed by atoms with Gasteiger partial charge in [0.1, 0.15) is 23.1 Å². The lowest BCUT2D eigenvalue weighted by Crippen LogP contribution is -2.31. The van der Waals surface area contributed by atoms with Crippen molar-refractivity contribution in [3.05, 3.63) is 129 Å². The number of benzene rings is 2. The molecule has 4 rings (SSSR count). The van der Waals surface area contributed by atoms with Gasteiger partial charge in [-0.3, -0.25) is 15.1 Å². The van der Waals surface area contributed by atoms with E-state index < -0.39 is 35.3 Å². The topological polar surface area (TPSA) is 140 Å². The standard InChI is InChI=1S/C40H48N4O6/c1-24(27-15-11-10-12-16-27)31-20-30(22-34(43-31)36(46)42-9)38(48)50-40(6,7)23-26-14-13-17-28(18-26)25(2)32-19-29(37(47)49-39(3,4)5)21-33(44-32)35(45)41-8/h10-22,24-25,35,41,45H,23H2,1-9H3,(H,42,46)/t24-,25+,35?/m1/s1. The minimum atomic E-state index is -1.07. The molecule has 2 aromatic heterocycles. The third-order valence-corrected chi connectivity index (χ3v) is 8.23. The lowest BCUT2D eigenvalue weighted by molar-refractivity contribution is -0.000895. The summed E-state index contributed by atoms with van der Waals surface area (Å²) in [7, 11) is 3.12. The van der Waals surface area contributed by atoms with E-state index in [0.717, 1.165) is 16.7 Å². The molecule has 2 heterocycles. The summed E-state index contributed by atoms with van der Waals surface area (Å²) in [5.41, 5.74) is 3.38. The molecule has 0 aliphatic carbocycles. The number of carbonyl (C=O) groups is 3. The summed E-state index contributed by atoms with van der Waals surface area (Å²) in [6.45, 7) is 13.0. The second kappa shape index (κ2) is 15.7. The molecule has 3 N–H and O–H groups in total. The van der Waals surface area contributed by atoms with Gasteiger partial charge in [0.2, 0.25) is 0 Å². The number of hydrogen-bond donors (Lipinski definition) is 3. The van der Waals surface area contributed by atoms with Gasteiger partial charge in [-0.2, -0.15) is 0 Å². The van der Waals surface area contributed by atoms with Crippen LogP contribution in [0.4, 0.5) is 0 Å². The Labute approximate surface area is 294 Å². The summed E-state index contributed by atoms with van der Waals surface area (Å²) in [5.74, 6) is -1.89. The molecule has 4 aromatic rings. The van der Waals surface area contributed by atoms with Gasteiger partial charge in [0, 0.05) is 36.7 Å². The summed E-state index contributed by atoms with van der Waals surface area (Å²) < 4.78 is 11.7. The normalized spacial score (nSPS) is 13.6. The fraction of sp³-hybridized carbons (Fsp3) is 0.375. The molecule has 10 heteroatoms. The van der Waals surface area contributed by atoms with Crippen molar-refractivity contribution in [3.63, 3.8) is 0 Å². The van der Waals surface area contributed by atoms with Gasteiger partial charge >= 0.3 is 11.9 Å². The van der Waals surface area contributed by atoms with E-state index in [1.54, 1.807) is 40.0 Å². The molecule has 0 fully saturated rings. The molecule has 264 valence electrons. The number of amides is 1. The molecular formula is C40H48N4O6. The number of nitrogens with zero attached hydrogens (tertiary/aromatic N) is 2. The lowest BCUT2D eigenvalue weighted by Gasteiger charge is -2.26. The number of aromatic nitrogens is 2. The van der Waals surface area contributed by atoms with Crippen molar-refractivity contribution in [3.8, 4) is 0 Å². The van der Waals surface area contributed by atoms with Gasteiger partial charge in [0.15, 0.2) is 0 Å². The summed E-state index contributed by atoms with van der Waals surface area (Å²) in [4.78, 5) is 48.5. The first-order valence-corrected chi connectivity index (χ1v) is 16.7. The van der Waals surface area contributed by atoms with Crippen LogP contribution in [0.2, 0.25) is 0 Å². The van der Waals surface area contributed by atoms with Crippen molar-refractivity contribution in [1.29, 1.82) is 0 Å². The first kappa shape index (κ1) is 37.9. The minimum Gasteiger partial charge on any atom is -0.456 e. The van der Waals surface area contributed by atoms with Crippen molar-refractivity contribution in [2.75, 3.05) is 14.1 Å². The molecule has 10 nitrogen and oxygen atoms in total. The molecule has 0 radical (unpaired) electrons. The monoisotopic (exact) mass is 680 g/mol. The molecule has 0 spiro atoms. The Kier molecular flexibility index (Phi) is 11.9. The van der Waals surface area contributed by atoms with Crippen LogP contribution in [-0.2, 0) is 15.9 Å². The van der Waals surface area contributed by atoms with Gasteiger partial charge in [-0.1, -0.05) is 68.4 Å². The number of carbonyl (C=O) groups excluding carboxylic acids is 3. The summed E-state index contributed by atoms with van der Waals surface area (Å²) in [6, 6.07) is 24.0. The highest BCUT2D eigenvalue weighted by Gasteiger charge is 2.27. The Hall–Kier alpha value is -4.93. The highest BCUT2D eigenvalue weighted by molar-refractivity contribution is 5.96. The molecule has 0 bridgehead atoms. The van der Waals surface area contributed by atoms with E-state index in [4.69, 9.17) is 9.47 Å². The number of aliphatic hydroxyl groups excluding tert-OH is 1. The second-order valence-corrected chi connectivity index (χ2v) is 14.1. The third-order valence-electron chi connectivity index (χ3n) is 8.23. The number of nitrogens with one attached hydrogen (secondary N) is 2. The predicted octanol–water partition coefficient (Wildman–Crippen LogP) is 6.48. The zero-order valence-corrected chi connectivity index (χ0v) is 30.3. The smallest absolute Gasteiger partial charge is 0.338 e. The van der Waals surface area contributed by atoms with Crippen LogP contribution in [0.3, 0.4) is 0 Å².